The van der Waals surface area contributed by atoms with Gasteiger partial charge in [0.05, 0.1) is 23.0 Å². The van der Waals surface area contributed by atoms with Crippen molar-refractivity contribution in [1.82, 2.24) is 0 Å². The Hall–Kier alpha value is -3.32. The van der Waals surface area contributed by atoms with Gasteiger partial charge in [0, 0.05) is 10.0 Å². The summed E-state index contributed by atoms with van der Waals surface area (Å²) in [5.74, 6) is -6.55. The number of sulfone groups is 2. The van der Waals surface area contributed by atoms with E-state index >= 15 is 0 Å². The molecule has 0 atom stereocenters. The van der Waals surface area contributed by atoms with E-state index in [0.29, 0.717) is 0 Å². The number of allylic oxidation sites excluding steroid dienone is 2. The van der Waals surface area contributed by atoms with E-state index in [1.54, 1.807) is 13.8 Å². The van der Waals surface area contributed by atoms with E-state index in [-0.39, 0.29) is 36.1 Å². The normalized spacial score (nSPS) is 14.4. The molecule has 0 saturated heterocycles. The quantitative estimate of drug-likeness (QED) is 0.215. The van der Waals surface area contributed by atoms with Gasteiger partial charge < -0.3 is 9.47 Å². The number of ketones is 2. The molecule has 0 aliphatic heterocycles. The number of halogens is 2. The first kappa shape index (κ1) is 31.2. The Labute approximate surface area is 240 Å². The number of carbonyl (C=O) groups is 4. The second-order valence-corrected chi connectivity index (χ2v) is 12.9. The largest absolute Gasteiger partial charge is 0.462 e. The number of hydrogen-bond donors (Lipinski definition) is 0. The van der Waals surface area contributed by atoms with Crippen LogP contribution in [0.5, 0.6) is 0 Å². The number of benzene rings is 2. The topological polar surface area (TPSA) is 155 Å². The maximum absolute atomic E-state index is 13.8. The number of carbonyl (C=O) groups excluding carboxylic acids is 4. The first-order chi connectivity index (χ1) is 18.8. The number of ether oxygens (including phenoxy) is 2. The fourth-order valence-corrected chi connectivity index (χ4v) is 6.83. The van der Waals surface area contributed by atoms with E-state index in [9.17, 15) is 36.0 Å². The molecule has 0 radical (unpaired) electrons. The highest BCUT2D eigenvalue weighted by Crippen LogP contribution is 2.37. The predicted octanol–water partition coefficient (Wildman–Crippen LogP) is 3.81. The molecule has 10 nitrogen and oxygen atoms in total. The molecule has 0 unspecified atom stereocenters. The van der Waals surface area contributed by atoms with Gasteiger partial charge in [-0.15, -0.1) is 0 Å². The Morgan fingerprint density at radius 1 is 0.625 bits per heavy atom. The third-order valence-corrected chi connectivity index (χ3v) is 9.53. The summed E-state index contributed by atoms with van der Waals surface area (Å²) in [6.45, 7) is 2.65. The smallest absolute Gasteiger partial charge is 0.343 e. The average molecular weight is 629 g/mol. The number of rotatable bonds is 10. The lowest BCUT2D eigenvalue weighted by Crippen LogP contribution is -2.37. The van der Waals surface area contributed by atoms with Crippen LogP contribution >= 0.6 is 23.2 Å². The fraction of sp³-hybridized carbons (Fsp3) is 0.231. The van der Waals surface area contributed by atoms with Gasteiger partial charge in [0.15, 0.2) is 0 Å². The molecule has 14 heteroatoms. The van der Waals surface area contributed by atoms with Crippen LogP contribution in [0.3, 0.4) is 0 Å². The third kappa shape index (κ3) is 6.04. The summed E-state index contributed by atoms with van der Waals surface area (Å²) in [4.78, 5) is 49.8. The van der Waals surface area contributed by atoms with Gasteiger partial charge in [0.1, 0.15) is 21.0 Å². The molecule has 2 aromatic rings. The summed E-state index contributed by atoms with van der Waals surface area (Å²) < 4.78 is 64.6. The molecular weight excluding hydrogens is 607 g/mol. The molecule has 0 bridgehead atoms. The van der Waals surface area contributed by atoms with Crippen LogP contribution in [0.1, 0.15) is 26.7 Å². The predicted molar refractivity (Wildman–Crippen MR) is 144 cm³/mol. The van der Waals surface area contributed by atoms with E-state index in [4.69, 9.17) is 32.7 Å². The van der Waals surface area contributed by atoms with Crippen molar-refractivity contribution in [1.29, 1.82) is 0 Å². The highest BCUT2D eigenvalue weighted by atomic mass is 35.5. The molecule has 0 aromatic heterocycles. The lowest BCUT2D eigenvalue weighted by molar-refractivity contribution is -0.143. The van der Waals surface area contributed by atoms with E-state index in [2.05, 4.69) is 0 Å². The minimum atomic E-state index is -5.01. The van der Waals surface area contributed by atoms with Crippen LogP contribution in [-0.4, -0.2) is 53.6 Å². The third-order valence-electron chi connectivity index (χ3n) is 5.39. The van der Waals surface area contributed by atoms with Crippen molar-refractivity contribution < 1.29 is 45.5 Å². The Bertz CT molecular complexity index is 1530. The molecule has 212 valence electrons. The van der Waals surface area contributed by atoms with Crippen LogP contribution < -0.4 is 0 Å². The van der Waals surface area contributed by atoms with Gasteiger partial charge in [-0.3, -0.25) is 9.59 Å². The van der Waals surface area contributed by atoms with Crippen molar-refractivity contribution >= 4 is 66.4 Å². The zero-order valence-electron chi connectivity index (χ0n) is 21.1. The van der Waals surface area contributed by atoms with Crippen molar-refractivity contribution in [3.63, 3.8) is 0 Å². The maximum atomic E-state index is 13.8. The minimum Gasteiger partial charge on any atom is -0.462 e. The van der Waals surface area contributed by atoms with Crippen molar-refractivity contribution in [2.24, 2.45) is 0 Å². The van der Waals surface area contributed by atoms with Crippen LogP contribution in [-0.2, 0) is 48.3 Å². The second kappa shape index (κ2) is 12.5. The van der Waals surface area contributed by atoms with E-state index < -0.39 is 73.9 Å². The molecule has 1 aliphatic rings. The van der Waals surface area contributed by atoms with Gasteiger partial charge in [-0.1, -0.05) is 37.0 Å². The molecule has 0 fully saturated rings. The molecular formula is C26H22Cl2O10S2. The standard InChI is InChI=1S/C26H22Cl2O10S2/c1-3-13-37-25(31)19-21(29)24(40(35,36)18-11-7-16(28)8-12-18)20(26(32)38-14-4-2)22(30)23(19)39(33,34)17-9-5-15(27)6-10-17/h5-12H,3-4,13-14H2,1-2H3. The molecule has 2 aromatic carbocycles. The Balaban J connectivity index is 2.41. The zero-order valence-corrected chi connectivity index (χ0v) is 24.2. The average Bonchev–Trinajstić information content (AvgIpc) is 2.91. The first-order valence-corrected chi connectivity index (χ1v) is 15.4. The molecule has 0 spiro atoms. The first-order valence-electron chi connectivity index (χ1n) is 11.7. The Morgan fingerprint density at radius 2 is 0.925 bits per heavy atom. The summed E-state index contributed by atoms with van der Waals surface area (Å²) in [7, 11) is -10.0. The monoisotopic (exact) mass is 628 g/mol. The van der Waals surface area contributed by atoms with E-state index in [1.165, 1.54) is 24.3 Å². The lowest BCUT2D eigenvalue weighted by Gasteiger charge is -2.22. The molecule has 0 heterocycles. The summed E-state index contributed by atoms with van der Waals surface area (Å²) in [5.41, 5.74) is -2.71. The molecule has 0 amide bonds. The SMILES string of the molecule is CCCOC(=O)C1=C(S(=O)(=O)c2ccc(Cl)cc2)C(=O)C(C(=O)OCCC)=C(S(=O)(=O)c2ccc(Cl)cc2)C1=O. The fourth-order valence-electron chi connectivity index (χ4n) is 3.54. The van der Waals surface area contributed by atoms with Crippen LogP contribution in [0.15, 0.2) is 79.3 Å². The molecule has 0 saturated carbocycles. The van der Waals surface area contributed by atoms with Gasteiger partial charge >= 0.3 is 11.9 Å². The summed E-state index contributed by atoms with van der Waals surface area (Å²) >= 11 is 11.7. The van der Waals surface area contributed by atoms with E-state index in [0.717, 1.165) is 24.3 Å². The second-order valence-electron chi connectivity index (χ2n) is 8.25. The summed E-state index contributed by atoms with van der Waals surface area (Å²) in [5, 5.41) is 0.281. The number of esters is 2. The zero-order chi connectivity index (χ0) is 29.8. The number of hydrogen-bond acceptors (Lipinski definition) is 10. The van der Waals surface area contributed by atoms with Gasteiger partial charge in [-0.2, -0.15) is 0 Å². The Morgan fingerprint density at radius 3 is 1.20 bits per heavy atom. The van der Waals surface area contributed by atoms with Gasteiger partial charge in [0.2, 0.25) is 31.2 Å². The Kier molecular flexibility index (Phi) is 9.72. The molecule has 1 aliphatic carbocycles. The number of Topliss-reactive ketones (excluding diaryl/α,β-unsaturated/α-hetero) is 2. The van der Waals surface area contributed by atoms with Gasteiger partial charge in [-0.25, -0.2) is 26.4 Å². The summed E-state index contributed by atoms with van der Waals surface area (Å²) in [6.07, 6.45) is 0.502. The molecule has 0 N–H and O–H groups in total. The van der Waals surface area contributed by atoms with Crippen LogP contribution in [0, 0.1) is 0 Å². The summed E-state index contributed by atoms with van der Waals surface area (Å²) in [6, 6.07) is 8.77. The highest BCUT2D eigenvalue weighted by molar-refractivity contribution is 7.97. The van der Waals surface area contributed by atoms with Crippen molar-refractivity contribution in [3.8, 4) is 0 Å². The maximum Gasteiger partial charge on any atom is 0.343 e. The van der Waals surface area contributed by atoms with Gasteiger partial charge in [0.25, 0.3) is 0 Å². The van der Waals surface area contributed by atoms with Crippen LogP contribution in [0.2, 0.25) is 10.0 Å². The van der Waals surface area contributed by atoms with E-state index in [1.807, 2.05) is 0 Å². The van der Waals surface area contributed by atoms with Crippen molar-refractivity contribution in [2.75, 3.05) is 13.2 Å². The molecule has 3 rings (SSSR count). The highest BCUT2D eigenvalue weighted by Gasteiger charge is 2.51. The minimum absolute atomic E-state index is 0.140. The molecule has 40 heavy (non-hydrogen) atoms. The van der Waals surface area contributed by atoms with Crippen LogP contribution in [0.25, 0.3) is 0 Å². The van der Waals surface area contributed by atoms with Crippen LogP contribution in [0.4, 0.5) is 0 Å². The lowest BCUT2D eigenvalue weighted by atomic mass is 9.96. The van der Waals surface area contributed by atoms with Gasteiger partial charge in [-0.05, 0) is 61.4 Å². The van der Waals surface area contributed by atoms with Crippen molar-refractivity contribution in [2.45, 2.75) is 36.5 Å². The van der Waals surface area contributed by atoms with Crippen molar-refractivity contribution in [3.05, 3.63) is 79.5 Å².